The van der Waals surface area contributed by atoms with Crippen molar-refractivity contribution in [1.29, 1.82) is 0 Å². The van der Waals surface area contributed by atoms with Crippen LogP contribution in [0.1, 0.15) is 45.2 Å². The highest BCUT2D eigenvalue weighted by molar-refractivity contribution is 7.89. The number of nitro groups is 1. The van der Waals surface area contributed by atoms with E-state index in [4.69, 9.17) is 0 Å². The van der Waals surface area contributed by atoms with Crippen molar-refractivity contribution in [3.63, 3.8) is 0 Å². The highest BCUT2D eigenvalue weighted by Crippen LogP contribution is 2.28. The molecule has 0 N–H and O–H groups in total. The van der Waals surface area contributed by atoms with Crippen LogP contribution in [0, 0.1) is 21.4 Å². The van der Waals surface area contributed by atoms with E-state index >= 15 is 0 Å². The Morgan fingerprint density at radius 2 is 1.34 bits per heavy atom. The monoisotopic (exact) mass is 537 g/mol. The third-order valence-corrected chi connectivity index (χ3v) is 8.29. The van der Waals surface area contributed by atoms with E-state index in [1.807, 2.05) is 50.2 Å². The van der Waals surface area contributed by atoms with Gasteiger partial charge in [-0.05, 0) is 47.6 Å². The van der Waals surface area contributed by atoms with Gasteiger partial charge in [-0.15, -0.1) is 0 Å². The number of hydrogen-bond donors (Lipinski definition) is 0. The molecule has 3 aromatic rings. The molecule has 7 nitrogen and oxygen atoms in total. The molecule has 0 amide bonds. The van der Waals surface area contributed by atoms with Crippen molar-refractivity contribution in [2.75, 3.05) is 19.6 Å². The molecule has 38 heavy (non-hydrogen) atoms. The Labute approximate surface area is 227 Å². The second-order valence-corrected chi connectivity index (χ2v) is 13.0. The summed E-state index contributed by atoms with van der Waals surface area (Å²) in [6.45, 7) is 11.4. The Morgan fingerprint density at radius 3 is 1.79 bits per heavy atom. The number of non-ortho nitro benzene ring substituents is 1. The molecule has 0 unspecified atom stereocenters. The van der Waals surface area contributed by atoms with Gasteiger partial charge in [0.25, 0.3) is 5.69 Å². The van der Waals surface area contributed by atoms with Crippen LogP contribution in [-0.2, 0) is 23.1 Å². The van der Waals surface area contributed by atoms with Gasteiger partial charge in [-0.25, -0.2) is 8.42 Å². The highest BCUT2D eigenvalue weighted by Gasteiger charge is 2.32. The van der Waals surface area contributed by atoms with Crippen molar-refractivity contribution in [2.24, 2.45) is 11.3 Å². The maximum absolute atomic E-state index is 13.6. The van der Waals surface area contributed by atoms with Crippen LogP contribution in [0.2, 0.25) is 0 Å². The summed E-state index contributed by atoms with van der Waals surface area (Å²) in [5.41, 5.74) is 2.05. The largest absolute Gasteiger partial charge is 0.295 e. The zero-order valence-electron chi connectivity index (χ0n) is 22.8. The lowest BCUT2D eigenvalue weighted by Gasteiger charge is -2.35. The predicted molar refractivity (Wildman–Crippen MR) is 152 cm³/mol. The number of rotatable bonds is 14. The second kappa shape index (κ2) is 13.1. The lowest BCUT2D eigenvalue weighted by molar-refractivity contribution is -0.384. The molecule has 0 spiro atoms. The standard InChI is InChI=1S/C30H39N3O4S/c1-25(2)21-32(38(36,37)29-17-15-28(16-18-29)33(34)35)24-30(3,4)19-20-31(22-26-11-7-5-8-12-26)23-27-13-9-6-10-14-27/h5-18,25H,19-24H2,1-4H3. The first-order chi connectivity index (χ1) is 18.0. The van der Waals surface area contributed by atoms with E-state index in [9.17, 15) is 18.5 Å². The van der Waals surface area contributed by atoms with Crippen molar-refractivity contribution in [3.05, 3.63) is 106 Å². The third-order valence-electron chi connectivity index (χ3n) is 6.46. The molecular weight excluding hydrogens is 498 g/mol. The van der Waals surface area contributed by atoms with Gasteiger partial charge in [-0.1, -0.05) is 88.4 Å². The van der Waals surface area contributed by atoms with Crippen molar-refractivity contribution < 1.29 is 13.3 Å². The molecule has 0 aliphatic carbocycles. The molecule has 3 aromatic carbocycles. The van der Waals surface area contributed by atoms with E-state index in [0.717, 1.165) is 26.1 Å². The van der Waals surface area contributed by atoms with E-state index in [1.54, 1.807) is 0 Å². The summed E-state index contributed by atoms with van der Waals surface area (Å²) < 4.78 is 28.7. The van der Waals surface area contributed by atoms with Gasteiger partial charge in [0.05, 0.1) is 9.82 Å². The summed E-state index contributed by atoms with van der Waals surface area (Å²) in [5, 5.41) is 11.0. The highest BCUT2D eigenvalue weighted by atomic mass is 32.2. The smallest absolute Gasteiger partial charge is 0.269 e. The van der Waals surface area contributed by atoms with Gasteiger partial charge >= 0.3 is 0 Å². The number of nitrogens with zero attached hydrogens (tertiary/aromatic N) is 3. The Bertz CT molecular complexity index is 1220. The van der Waals surface area contributed by atoms with E-state index < -0.39 is 14.9 Å². The topological polar surface area (TPSA) is 83.8 Å². The molecule has 0 saturated heterocycles. The van der Waals surface area contributed by atoms with E-state index in [2.05, 4.69) is 43.0 Å². The Hall–Kier alpha value is -3.07. The number of hydrogen-bond acceptors (Lipinski definition) is 5. The third kappa shape index (κ3) is 8.75. The predicted octanol–water partition coefficient (Wildman–Crippen LogP) is 6.36. The SMILES string of the molecule is CC(C)CN(CC(C)(C)CCN(Cc1ccccc1)Cc1ccccc1)S(=O)(=O)c1ccc([N+](=O)[O-])cc1. The second-order valence-electron chi connectivity index (χ2n) is 11.0. The van der Waals surface area contributed by atoms with Crippen molar-refractivity contribution in [2.45, 2.75) is 52.1 Å². The van der Waals surface area contributed by atoms with Crippen LogP contribution in [0.3, 0.4) is 0 Å². The average molecular weight is 538 g/mol. The van der Waals surface area contributed by atoms with Crippen LogP contribution in [0.4, 0.5) is 5.69 Å². The first kappa shape index (κ1) is 29.5. The molecule has 0 fully saturated rings. The summed E-state index contributed by atoms with van der Waals surface area (Å²) in [7, 11) is -3.81. The zero-order valence-corrected chi connectivity index (χ0v) is 23.6. The first-order valence-corrected chi connectivity index (χ1v) is 14.4. The molecule has 0 bridgehead atoms. The molecule has 0 aromatic heterocycles. The summed E-state index contributed by atoms with van der Waals surface area (Å²) in [4.78, 5) is 13.0. The minimum Gasteiger partial charge on any atom is -0.295 e. The van der Waals surface area contributed by atoms with Crippen molar-refractivity contribution in [1.82, 2.24) is 9.21 Å². The maximum atomic E-state index is 13.6. The van der Waals surface area contributed by atoms with Gasteiger partial charge in [0.15, 0.2) is 0 Å². The van der Waals surface area contributed by atoms with Crippen LogP contribution in [-0.4, -0.2) is 42.2 Å². The summed E-state index contributed by atoms with van der Waals surface area (Å²) in [5.74, 6) is 0.131. The minimum atomic E-state index is -3.81. The fourth-order valence-corrected chi connectivity index (χ4v) is 6.25. The fourth-order valence-electron chi connectivity index (χ4n) is 4.46. The molecule has 0 saturated carbocycles. The van der Waals surface area contributed by atoms with Crippen molar-refractivity contribution in [3.8, 4) is 0 Å². The molecule has 0 aliphatic rings. The van der Waals surface area contributed by atoms with Crippen LogP contribution in [0.25, 0.3) is 0 Å². The Kier molecular flexibility index (Phi) is 10.2. The molecule has 0 atom stereocenters. The first-order valence-electron chi connectivity index (χ1n) is 13.0. The van der Waals surface area contributed by atoms with E-state index in [1.165, 1.54) is 39.7 Å². The van der Waals surface area contributed by atoms with Crippen LogP contribution >= 0.6 is 0 Å². The quantitative estimate of drug-likeness (QED) is 0.176. The molecular formula is C30H39N3O4S. The van der Waals surface area contributed by atoms with Gasteiger partial charge in [-0.3, -0.25) is 15.0 Å². The van der Waals surface area contributed by atoms with Crippen LogP contribution in [0.15, 0.2) is 89.8 Å². The maximum Gasteiger partial charge on any atom is 0.269 e. The lowest BCUT2D eigenvalue weighted by Crippen LogP contribution is -2.42. The average Bonchev–Trinajstić information content (AvgIpc) is 2.88. The lowest BCUT2D eigenvalue weighted by atomic mass is 9.88. The summed E-state index contributed by atoms with van der Waals surface area (Å²) in [6.07, 6.45) is 0.803. The summed E-state index contributed by atoms with van der Waals surface area (Å²) >= 11 is 0. The minimum absolute atomic E-state index is 0.0781. The Balaban J connectivity index is 1.76. The van der Waals surface area contributed by atoms with Gasteiger partial charge in [0.2, 0.25) is 10.0 Å². The van der Waals surface area contributed by atoms with E-state index in [-0.39, 0.29) is 21.9 Å². The molecule has 3 rings (SSSR count). The van der Waals surface area contributed by atoms with Gasteiger partial charge < -0.3 is 0 Å². The molecule has 8 heteroatoms. The fraction of sp³-hybridized carbons (Fsp3) is 0.400. The van der Waals surface area contributed by atoms with Gasteiger partial charge in [0, 0.05) is 38.3 Å². The molecule has 0 aliphatic heterocycles. The summed E-state index contributed by atoms with van der Waals surface area (Å²) in [6, 6.07) is 25.9. The van der Waals surface area contributed by atoms with Gasteiger partial charge in [-0.2, -0.15) is 4.31 Å². The molecule has 0 heterocycles. The normalized spacial score (nSPS) is 12.4. The molecule has 204 valence electrons. The van der Waals surface area contributed by atoms with Crippen LogP contribution < -0.4 is 0 Å². The number of sulfonamides is 1. The van der Waals surface area contributed by atoms with Gasteiger partial charge in [0.1, 0.15) is 0 Å². The molecule has 0 radical (unpaired) electrons. The Morgan fingerprint density at radius 1 is 0.842 bits per heavy atom. The zero-order chi connectivity index (χ0) is 27.8. The van der Waals surface area contributed by atoms with Crippen LogP contribution in [0.5, 0.6) is 0 Å². The van der Waals surface area contributed by atoms with Crippen molar-refractivity contribution >= 4 is 15.7 Å². The number of nitro benzene ring substituents is 1. The number of benzene rings is 3. The van der Waals surface area contributed by atoms with E-state index in [0.29, 0.717) is 13.1 Å².